The monoisotopic (exact) mass is 1530 g/mol. The summed E-state index contributed by atoms with van der Waals surface area (Å²) < 4.78 is 14.0. The molecule has 0 amide bonds. The number of aromatic nitrogens is 1. The molecule has 2 aliphatic heterocycles. The Balaban J connectivity index is 0.000000147. The third-order valence-corrected chi connectivity index (χ3v) is 24.0. The molecule has 3 aliphatic rings. The molecule has 7 nitrogen and oxygen atoms in total. The van der Waals surface area contributed by atoms with E-state index in [9.17, 15) is 0 Å². The van der Waals surface area contributed by atoms with Gasteiger partial charge < -0.3 is 24.2 Å². The van der Waals surface area contributed by atoms with E-state index in [0.717, 1.165) is 142 Å². The number of fused-ring (bicyclic) bond motifs is 15. The third kappa shape index (κ3) is 12.2. The zero-order valence-corrected chi connectivity index (χ0v) is 66.3. The average molecular weight is 1530 g/mol. The van der Waals surface area contributed by atoms with Gasteiger partial charge >= 0.3 is 0 Å². The van der Waals surface area contributed by atoms with Crippen molar-refractivity contribution in [3.8, 4) is 67.5 Å². The Morgan fingerprint density at radius 2 is 0.605 bits per heavy atom. The first-order valence-electron chi connectivity index (χ1n) is 40.9. The standard InChI is InChI=1S/C62H43N3O.C50H36N2O/c1-39-24-27-50-52(31-39)53-37-56-51-29-26-46(65(61-23-13-14-30-63-61)57-22-12-11-21-49(57)41-15-5-3-6-16-41)36-59(51)66-60-33-40(2)32-55(62(56)60)54(53)38-58(50)64(44-18-7-4-8-19-44)45-25-28-48-43(35-45)34-42-17-9-10-20-47(42)48;1-33-23-25-40-42(27-33)43-31-46-41-26-24-39(51(35-15-7-3-8-16-35)36-17-9-4-10-18-36)30-48(41)53-49-29-34(2)28-45(50(46)49)44(43)32-47(40)52(37-19-11-5-12-20-37)38-21-13-6-14-22-38/h3-33,35-38H,34H2,1-2H3;3-32H,1-2H3. The number of rotatable bonds is 13. The van der Waals surface area contributed by atoms with Crippen molar-refractivity contribution in [1.82, 2.24) is 4.98 Å². The van der Waals surface area contributed by atoms with Gasteiger partial charge in [0.25, 0.3) is 0 Å². The van der Waals surface area contributed by atoms with E-state index in [1.165, 1.54) is 98.4 Å². The van der Waals surface area contributed by atoms with Crippen molar-refractivity contribution in [3.63, 3.8) is 0 Å². The molecule has 0 atom stereocenters. The molecule has 1 aromatic heterocycles. The van der Waals surface area contributed by atoms with Gasteiger partial charge in [0.1, 0.15) is 28.8 Å². The smallest absolute Gasteiger partial charge is 0.137 e. The molecule has 19 aromatic carbocycles. The van der Waals surface area contributed by atoms with Gasteiger partial charge in [-0.15, -0.1) is 0 Å². The molecule has 7 heteroatoms. The van der Waals surface area contributed by atoms with E-state index >= 15 is 0 Å². The summed E-state index contributed by atoms with van der Waals surface area (Å²) in [5.74, 6) is 4.25. The van der Waals surface area contributed by atoms with Crippen molar-refractivity contribution < 1.29 is 9.47 Å². The van der Waals surface area contributed by atoms with Crippen LogP contribution in [0.4, 0.5) is 68.4 Å². The van der Waals surface area contributed by atoms with Crippen LogP contribution in [0.15, 0.2) is 394 Å². The van der Waals surface area contributed by atoms with Crippen LogP contribution in [0.25, 0.3) is 109 Å². The third-order valence-electron chi connectivity index (χ3n) is 24.0. The van der Waals surface area contributed by atoms with Gasteiger partial charge in [0.2, 0.25) is 0 Å². The zero-order chi connectivity index (χ0) is 79.3. The molecular formula is C112H79N5O2. The molecular weight excluding hydrogens is 1450 g/mol. The number of aryl methyl sites for hydroxylation is 4. The van der Waals surface area contributed by atoms with Crippen LogP contribution in [-0.4, -0.2) is 4.98 Å². The number of hydrogen-bond donors (Lipinski definition) is 0. The van der Waals surface area contributed by atoms with Gasteiger partial charge in [-0.3, -0.25) is 4.90 Å². The second-order valence-electron chi connectivity index (χ2n) is 31.6. The first-order chi connectivity index (χ1) is 58.6. The number of para-hydroxylation sites is 6. The zero-order valence-electron chi connectivity index (χ0n) is 66.3. The summed E-state index contributed by atoms with van der Waals surface area (Å²) in [6, 6.07) is 140. The Labute approximate surface area is 692 Å². The van der Waals surface area contributed by atoms with Crippen LogP contribution in [0.2, 0.25) is 0 Å². The highest BCUT2D eigenvalue weighted by Gasteiger charge is 2.31. The predicted octanol–water partition coefficient (Wildman–Crippen LogP) is 31.6. The lowest BCUT2D eigenvalue weighted by Gasteiger charge is -2.30. The first-order valence-corrected chi connectivity index (χ1v) is 40.9. The van der Waals surface area contributed by atoms with Gasteiger partial charge in [-0.1, -0.05) is 236 Å². The van der Waals surface area contributed by atoms with Crippen molar-refractivity contribution in [2.45, 2.75) is 34.1 Å². The Kier molecular flexibility index (Phi) is 17.1. The van der Waals surface area contributed by atoms with Crippen LogP contribution in [0.3, 0.4) is 0 Å². The molecule has 0 fully saturated rings. The molecule has 20 aromatic rings. The highest BCUT2D eigenvalue weighted by molar-refractivity contribution is 6.28. The molecule has 0 radical (unpaired) electrons. The molecule has 0 saturated carbocycles. The maximum Gasteiger partial charge on any atom is 0.137 e. The number of ether oxygens (including phenoxy) is 2. The number of hydrogen-bond acceptors (Lipinski definition) is 7. The lowest BCUT2D eigenvalue weighted by atomic mass is 9.87. The highest BCUT2D eigenvalue weighted by atomic mass is 16.5. The van der Waals surface area contributed by atoms with Crippen molar-refractivity contribution in [1.29, 1.82) is 0 Å². The van der Waals surface area contributed by atoms with E-state index in [-0.39, 0.29) is 0 Å². The minimum atomic E-state index is 0.815. The van der Waals surface area contributed by atoms with E-state index in [4.69, 9.17) is 14.5 Å². The molecule has 0 bridgehead atoms. The van der Waals surface area contributed by atoms with Crippen molar-refractivity contribution in [2.24, 2.45) is 0 Å². The Bertz CT molecular complexity index is 7350. The van der Waals surface area contributed by atoms with Gasteiger partial charge in [0.15, 0.2) is 0 Å². The SMILES string of the molecule is Cc1ccc2c(N(c3ccccc3)c3ccc4c(c3)Cc3ccccc3-4)cc3c4cc(C)cc5c4c(cc3c2c1)-c1ccc(N(c2ccccn2)c2ccccc2-c2ccccc2)cc1O5.Cc1ccc2c(N(c3ccccc3)c3ccccc3)cc3c4cc(C)cc5c4c(cc3c2c1)-c1ccc(N(c2ccccc2)c2ccccc2)cc1O5. The predicted molar refractivity (Wildman–Crippen MR) is 498 cm³/mol. The Morgan fingerprint density at radius 3 is 1.10 bits per heavy atom. The quantitative estimate of drug-likeness (QED) is 0.107. The van der Waals surface area contributed by atoms with E-state index < -0.39 is 0 Å². The van der Waals surface area contributed by atoms with E-state index in [0.29, 0.717) is 0 Å². The Hall–Kier alpha value is -15.3. The summed E-state index contributed by atoms with van der Waals surface area (Å²) >= 11 is 0. The Morgan fingerprint density at radius 1 is 0.218 bits per heavy atom. The van der Waals surface area contributed by atoms with Gasteiger partial charge in [-0.2, -0.15) is 0 Å². The van der Waals surface area contributed by atoms with Crippen molar-refractivity contribution >= 4 is 133 Å². The summed E-state index contributed by atoms with van der Waals surface area (Å²) in [6.45, 7) is 8.74. The van der Waals surface area contributed by atoms with Crippen molar-refractivity contribution in [2.75, 3.05) is 19.6 Å². The summed E-state index contributed by atoms with van der Waals surface area (Å²) in [7, 11) is 0. The maximum absolute atomic E-state index is 7.09. The lowest BCUT2D eigenvalue weighted by molar-refractivity contribution is 0.486. The fourth-order valence-corrected chi connectivity index (χ4v) is 18.7. The average Bonchev–Trinajstić information content (AvgIpc) is 1.09. The van der Waals surface area contributed by atoms with E-state index in [1.54, 1.807) is 0 Å². The molecule has 3 heterocycles. The van der Waals surface area contributed by atoms with E-state index in [1.807, 2.05) is 18.3 Å². The molecule has 1 aliphatic carbocycles. The fraction of sp³-hybridized carbons (Fsp3) is 0.0446. The van der Waals surface area contributed by atoms with Crippen molar-refractivity contribution in [3.05, 3.63) is 428 Å². The van der Waals surface area contributed by atoms with Gasteiger partial charge in [0, 0.05) is 96.4 Å². The molecule has 0 N–H and O–H groups in total. The summed E-state index contributed by atoms with van der Waals surface area (Å²) in [5, 5.41) is 14.4. The first kappa shape index (κ1) is 70.3. The highest BCUT2D eigenvalue weighted by Crippen LogP contribution is 2.57. The van der Waals surface area contributed by atoms with Crippen LogP contribution in [0, 0.1) is 27.7 Å². The largest absolute Gasteiger partial charge is 0.456 e. The number of benzene rings is 19. The second-order valence-corrected chi connectivity index (χ2v) is 31.6. The fourth-order valence-electron chi connectivity index (χ4n) is 18.7. The van der Waals surface area contributed by atoms with Gasteiger partial charge in [-0.25, -0.2) is 4.98 Å². The number of pyridine rings is 1. The molecule has 0 unspecified atom stereocenters. The van der Waals surface area contributed by atoms with Crippen LogP contribution in [0.5, 0.6) is 23.0 Å². The number of anilines is 12. The van der Waals surface area contributed by atoms with Crippen LogP contribution in [0.1, 0.15) is 33.4 Å². The minimum absolute atomic E-state index is 0.815. The van der Waals surface area contributed by atoms with E-state index in [2.05, 4.69) is 423 Å². The van der Waals surface area contributed by atoms with Crippen LogP contribution < -0.4 is 29.1 Å². The summed E-state index contributed by atoms with van der Waals surface area (Å²) in [6.07, 6.45) is 2.79. The molecule has 23 rings (SSSR count). The molecule has 0 spiro atoms. The lowest BCUT2D eigenvalue weighted by Crippen LogP contribution is -2.13. The van der Waals surface area contributed by atoms with Gasteiger partial charge in [-0.05, 0) is 279 Å². The maximum atomic E-state index is 7.09. The second kappa shape index (κ2) is 28.9. The normalized spacial score (nSPS) is 12.0. The summed E-state index contributed by atoms with van der Waals surface area (Å²) in [4.78, 5) is 14.3. The molecule has 564 valence electrons. The molecule has 0 saturated heterocycles. The van der Waals surface area contributed by atoms with Crippen LogP contribution >= 0.6 is 0 Å². The minimum Gasteiger partial charge on any atom is -0.456 e. The number of nitrogens with zero attached hydrogens (tertiary/aromatic N) is 5. The summed E-state index contributed by atoms with van der Waals surface area (Å²) in [5.41, 5.74) is 29.0. The molecule has 119 heavy (non-hydrogen) atoms. The van der Waals surface area contributed by atoms with Gasteiger partial charge in [0.05, 0.1) is 22.7 Å². The van der Waals surface area contributed by atoms with Crippen LogP contribution in [-0.2, 0) is 6.42 Å². The topological polar surface area (TPSA) is 44.3 Å².